The zero-order valence-electron chi connectivity index (χ0n) is 9.83. The van der Waals surface area contributed by atoms with Crippen molar-refractivity contribution in [2.24, 2.45) is 0 Å². The average Bonchev–Trinajstić information content (AvgIpc) is 2.85. The summed E-state index contributed by atoms with van der Waals surface area (Å²) in [7, 11) is 0. The summed E-state index contributed by atoms with van der Waals surface area (Å²) in [6, 6.07) is 12.3. The van der Waals surface area contributed by atoms with Crippen LogP contribution in [0.3, 0.4) is 0 Å². The second kappa shape index (κ2) is 6.38. The van der Waals surface area contributed by atoms with E-state index in [4.69, 9.17) is 5.26 Å². The number of benzene rings is 1. The highest BCUT2D eigenvalue weighted by atomic mass is 32.2. The van der Waals surface area contributed by atoms with E-state index >= 15 is 0 Å². The third-order valence-corrected chi connectivity index (χ3v) is 4.11. The smallest absolute Gasteiger partial charge is 0.206 e. The summed E-state index contributed by atoms with van der Waals surface area (Å²) in [5, 5.41) is 20.7. The second-order valence-electron chi connectivity index (χ2n) is 3.60. The molecule has 0 aliphatic carbocycles. The van der Waals surface area contributed by atoms with Crippen molar-refractivity contribution in [1.82, 2.24) is 10.2 Å². The van der Waals surface area contributed by atoms with Gasteiger partial charge in [0.05, 0.1) is 11.3 Å². The monoisotopic (exact) mass is 276 g/mol. The molecule has 0 amide bonds. The number of thioether (sulfide) groups is 1. The predicted molar refractivity (Wildman–Crippen MR) is 74.6 cm³/mol. The maximum absolute atomic E-state index is 8.72. The maximum atomic E-state index is 8.72. The summed E-state index contributed by atoms with van der Waals surface area (Å²) in [5.74, 6) is 0. The Labute approximate surface area is 114 Å². The first-order valence-corrected chi connectivity index (χ1v) is 7.15. The van der Waals surface area contributed by atoms with Gasteiger partial charge in [-0.2, -0.15) is 5.26 Å². The van der Waals surface area contributed by atoms with Crippen LogP contribution in [0, 0.1) is 11.3 Å². The lowest BCUT2D eigenvalue weighted by molar-refractivity contribution is 0.993. The first-order valence-electron chi connectivity index (χ1n) is 5.45. The number of hydrogen-bond acceptors (Lipinski definition) is 6. The topological polar surface area (TPSA) is 61.6 Å². The summed E-state index contributed by atoms with van der Waals surface area (Å²) in [6.45, 7) is 2.58. The molecule has 0 spiro atoms. The third kappa shape index (κ3) is 3.72. The van der Waals surface area contributed by atoms with Gasteiger partial charge in [0, 0.05) is 6.54 Å². The van der Waals surface area contributed by atoms with E-state index in [2.05, 4.69) is 33.7 Å². The third-order valence-electron chi connectivity index (χ3n) is 2.15. The first-order chi connectivity index (χ1) is 8.78. The molecule has 2 aromatic rings. The lowest BCUT2D eigenvalue weighted by Gasteiger charge is -2.01. The summed E-state index contributed by atoms with van der Waals surface area (Å²) < 4.78 is 0.819. The fraction of sp³-hybridized carbons (Fsp3) is 0.250. The molecule has 2 rings (SSSR count). The highest BCUT2D eigenvalue weighted by molar-refractivity contribution is 8.01. The minimum atomic E-state index is -0.0973. The Morgan fingerprint density at radius 2 is 2.17 bits per heavy atom. The number of aromatic nitrogens is 2. The molecule has 0 radical (unpaired) electrons. The summed E-state index contributed by atoms with van der Waals surface area (Å²) in [4.78, 5) is 0. The van der Waals surface area contributed by atoms with E-state index in [0.717, 1.165) is 16.0 Å². The predicted octanol–water partition coefficient (Wildman–Crippen LogP) is 3.15. The maximum Gasteiger partial charge on any atom is 0.206 e. The first kappa shape index (κ1) is 12.9. The molecular formula is C12H12N4S2. The zero-order valence-corrected chi connectivity index (χ0v) is 11.5. The Bertz CT molecular complexity index is 533. The van der Waals surface area contributed by atoms with Gasteiger partial charge in [-0.25, -0.2) is 0 Å². The van der Waals surface area contributed by atoms with Gasteiger partial charge in [0.25, 0.3) is 0 Å². The minimum Gasteiger partial charge on any atom is -0.356 e. The van der Waals surface area contributed by atoms with Gasteiger partial charge < -0.3 is 5.32 Å². The molecule has 1 unspecified atom stereocenters. The lowest BCUT2D eigenvalue weighted by Crippen LogP contribution is -1.98. The molecule has 6 heteroatoms. The van der Waals surface area contributed by atoms with Gasteiger partial charge in [0.15, 0.2) is 4.34 Å². The molecule has 0 bridgehead atoms. The van der Waals surface area contributed by atoms with Crippen molar-refractivity contribution in [3.63, 3.8) is 0 Å². The van der Waals surface area contributed by atoms with E-state index in [1.165, 1.54) is 28.7 Å². The molecule has 0 saturated heterocycles. The van der Waals surface area contributed by atoms with Gasteiger partial charge in [0.1, 0.15) is 0 Å². The van der Waals surface area contributed by atoms with Crippen LogP contribution in [0.5, 0.6) is 0 Å². The highest BCUT2D eigenvalue weighted by Crippen LogP contribution is 2.28. The summed E-state index contributed by atoms with van der Waals surface area (Å²) >= 11 is 2.90. The van der Waals surface area contributed by atoms with E-state index < -0.39 is 0 Å². The van der Waals surface area contributed by atoms with Crippen LogP contribution in [0.2, 0.25) is 0 Å². The van der Waals surface area contributed by atoms with Crippen LogP contribution in [0.25, 0.3) is 0 Å². The summed E-state index contributed by atoms with van der Waals surface area (Å²) in [6.07, 6.45) is 0. The molecule has 4 nitrogen and oxygen atoms in total. The molecule has 18 heavy (non-hydrogen) atoms. The fourth-order valence-electron chi connectivity index (χ4n) is 1.28. The zero-order chi connectivity index (χ0) is 12.8. The molecule has 1 atom stereocenters. The quantitative estimate of drug-likeness (QED) is 0.850. The van der Waals surface area contributed by atoms with Crippen LogP contribution in [0.15, 0.2) is 34.7 Å². The molecule has 1 aromatic heterocycles. The van der Waals surface area contributed by atoms with Gasteiger partial charge in [0.2, 0.25) is 5.13 Å². The molecule has 1 aromatic carbocycles. The number of nitriles is 1. The van der Waals surface area contributed by atoms with E-state index in [1.54, 1.807) is 0 Å². The van der Waals surface area contributed by atoms with Crippen LogP contribution in [0.4, 0.5) is 5.13 Å². The normalized spacial score (nSPS) is 11.8. The molecule has 0 fully saturated rings. The van der Waals surface area contributed by atoms with Crippen molar-refractivity contribution in [2.75, 3.05) is 5.32 Å². The number of anilines is 1. The van der Waals surface area contributed by atoms with Crippen molar-refractivity contribution < 1.29 is 0 Å². The Hall–Kier alpha value is -1.58. The minimum absolute atomic E-state index is 0.0973. The van der Waals surface area contributed by atoms with Gasteiger partial charge in [-0.3, -0.25) is 0 Å². The molecule has 0 aliphatic heterocycles. The summed E-state index contributed by atoms with van der Waals surface area (Å²) in [5.41, 5.74) is 1.20. The fourth-order valence-corrected chi connectivity index (χ4v) is 3.06. The van der Waals surface area contributed by atoms with Crippen LogP contribution in [-0.2, 0) is 6.54 Å². The molecule has 0 saturated carbocycles. The van der Waals surface area contributed by atoms with Crippen LogP contribution in [0.1, 0.15) is 12.5 Å². The molecule has 0 aliphatic rings. The number of rotatable bonds is 5. The van der Waals surface area contributed by atoms with Crippen molar-refractivity contribution >= 4 is 28.2 Å². The van der Waals surface area contributed by atoms with E-state index in [9.17, 15) is 0 Å². The molecule has 1 heterocycles. The Morgan fingerprint density at radius 1 is 1.39 bits per heavy atom. The Kier molecular flexibility index (Phi) is 4.56. The Morgan fingerprint density at radius 3 is 2.89 bits per heavy atom. The van der Waals surface area contributed by atoms with Crippen molar-refractivity contribution in [3.05, 3.63) is 35.9 Å². The van der Waals surface area contributed by atoms with Crippen molar-refractivity contribution in [3.8, 4) is 6.07 Å². The van der Waals surface area contributed by atoms with Crippen LogP contribution in [-0.4, -0.2) is 15.4 Å². The number of hydrogen-bond donors (Lipinski definition) is 1. The molecule has 1 N–H and O–H groups in total. The van der Waals surface area contributed by atoms with Gasteiger partial charge in [-0.1, -0.05) is 53.4 Å². The lowest BCUT2D eigenvalue weighted by atomic mass is 10.2. The van der Waals surface area contributed by atoms with Crippen molar-refractivity contribution in [2.45, 2.75) is 23.1 Å². The average molecular weight is 276 g/mol. The van der Waals surface area contributed by atoms with E-state index in [-0.39, 0.29) is 5.25 Å². The van der Waals surface area contributed by atoms with Crippen LogP contribution < -0.4 is 5.32 Å². The number of nitrogens with one attached hydrogen (secondary N) is 1. The largest absolute Gasteiger partial charge is 0.356 e. The molecular weight excluding hydrogens is 264 g/mol. The van der Waals surface area contributed by atoms with Gasteiger partial charge in [-0.15, -0.1) is 10.2 Å². The van der Waals surface area contributed by atoms with Gasteiger partial charge in [-0.05, 0) is 12.5 Å². The van der Waals surface area contributed by atoms with Crippen LogP contribution >= 0.6 is 23.1 Å². The highest BCUT2D eigenvalue weighted by Gasteiger charge is 2.08. The van der Waals surface area contributed by atoms with E-state index in [0.29, 0.717) is 0 Å². The number of nitrogens with zero attached hydrogens (tertiary/aromatic N) is 3. The molecule has 92 valence electrons. The van der Waals surface area contributed by atoms with Crippen molar-refractivity contribution in [1.29, 1.82) is 5.26 Å². The Balaban J connectivity index is 1.89. The standard InChI is InChI=1S/C12H12N4S2/c1-9(7-13)17-12-16-15-11(18-12)14-8-10-5-3-2-4-6-10/h2-6,9H,8H2,1H3,(H,14,15). The SMILES string of the molecule is CC(C#N)Sc1nnc(NCc2ccccc2)s1. The van der Waals surface area contributed by atoms with E-state index in [1.807, 2.05) is 25.1 Å². The second-order valence-corrected chi connectivity index (χ2v) is 6.17. The van der Waals surface area contributed by atoms with Gasteiger partial charge >= 0.3 is 0 Å².